The Morgan fingerprint density at radius 1 is 0.300 bits per heavy atom. The molecule has 0 spiro atoms. The van der Waals surface area contributed by atoms with Crippen molar-refractivity contribution in [2.75, 3.05) is 13.2 Å². The second-order valence-electron chi connectivity index (χ2n) is 18.4. The van der Waals surface area contributed by atoms with Crippen LogP contribution in [0.15, 0.2) is 122 Å². The number of carbonyl (C=O) groups excluding carboxylic acids is 3. The Bertz CT molecular complexity index is 1490. The fraction of sp³-hybridized carbons (Fsp3) is 0.641. The highest BCUT2D eigenvalue weighted by Gasteiger charge is 2.19. The van der Waals surface area contributed by atoms with Crippen LogP contribution in [0.5, 0.6) is 0 Å². The van der Waals surface area contributed by atoms with Gasteiger partial charge in [-0.25, -0.2) is 0 Å². The molecule has 0 bridgehead atoms. The van der Waals surface area contributed by atoms with E-state index in [1.807, 2.05) is 6.08 Å². The second-order valence-corrected chi connectivity index (χ2v) is 18.4. The molecule has 70 heavy (non-hydrogen) atoms. The summed E-state index contributed by atoms with van der Waals surface area (Å²) in [7, 11) is 0. The van der Waals surface area contributed by atoms with Crippen LogP contribution in [0.4, 0.5) is 0 Å². The van der Waals surface area contributed by atoms with Gasteiger partial charge in [0.25, 0.3) is 0 Å². The van der Waals surface area contributed by atoms with Gasteiger partial charge in [-0.1, -0.05) is 251 Å². The van der Waals surface area contributed by atoms with Crippen LogP contribution in [0.1, 0.15) is 245 Å². The molecule has 0 aromatic rings. The van der Waals surface area contributed by atoms with Crippen LogP contribution in [0.2, 0.25) is 0 Å². The highest BCUT2D eigenvalue weighted by Crippen LogP contribution is 2.15. The van der Waals surface area contributed by atoms with Crippen LogP contribution in [0.25, 0.3) is 0 Å². The van der Waals surface area contributed by atoms with Gasteiger partial charge in [0.1, 0.15) is 13.2 Å². The van der Waals surface area contributed by atoms with E-state index in [1.54, 1.807) is 0 Å². The van der Waals surface area contributed by atoms with Crippen LogP contribution in [-0.4, -0.2) is 37.2 Å². The average Bonchev–Trinajstić information content (AvgIpc) is 3.36. The lowest BCUT2D eigenvalue weighted by atomic mass is 10.0. The van der Waals surface area contributed by atoms with Gasteiger partial charge in [0.05, 0.1) is 0 Å². The van der Waals surface area contributed by atoms with Crippen molar-refractivity contribution in [2.45, 2.75) is 252 Å². The van der Waals surface area contributed by atoms with Crippen molar-refractivity contribution in [3.8, 4) is 0 Å². The average molecular weight is 970 g/mol. The summed E-state index contributed by atoms with van der Waals surface area (Å²) in [5, 5.41) is 0. The molecule has 0 aromatic heterocycles. The largest absolute Gasteiger partial charge is 0.462 e. The van der Waals surface area contributed by atoms with Crippen LogP contribution in [0, 0.1) is 0 Å². The molecule has 0 saturated heterocycles. The summed E-state index contributed by atoms with van der Waals surface area (Å²) in [6, 6.07) is 0. The number of ether oxygens (including phenoxy) is 3. The first-order valence-corrected chi connectivity index (χ1v) is 28.5. The molecule has 0 unspecified atom stereocenters. The quantitative estimate of drug-likeness (QED) is 0.0262. The van der Waals surface area contributed by atoms with E-state index in [2.05, 4.69) is 136 Å². The van der Waals surface area contributed by atoms with E-state index >= 15 is 0 Å². The zero-order chi connectivity index (χ0) is 50.7. The molecular formula is C64H104O6. The van der Waals surface area contributed by atoms with Crippen LogP contribution in [0.3, 0.4) is 0 Å². The molecule has 6 heteroatoms. The molecule has 0 N–H and O–H groups in total. The van der Waals surface area contributed by atoms with Crippen LogP contribution >= 0.6 is 0 Å². The minimum Gasteiger partial charge on any atom is -0.462 e. The zero-order valence-corrected chi connectivity index (χ0v) is 45.2. The molecule has 0 aliphatic rings. The van der Waals surface area contributed by atoms with Crippen molar-refractivity contribution >= 4 is 17.9 Å². The third kappa shape index (κ3) is 54.7. The lowest BCUT2D eigenvalue weighted by Gasteiger charge is -2.18. The molecule has 396 valence electrons. The van der Waals surface area contributed by atoms with E-state index in [4.69, 9.17) is 14.2 Å². The van der Waals surface area contributed by atoms with Crippen molar-refractivity contribution in [3.05, 3.63) is 122 Å². The first-order chi connectivity index (χ1) is 34.5. The second kappa shape index (κ2) is 57.4. The van der Waals surface area contributed by atoms with E-state index in [1.165, 1.54) is 96.3 Å². The molecule has 0 amide bonds. The van der Waals surface area contributed by atoms with Crippen LogP contribution in [-0.2, 0) is 28.6 Å². The number of hydrogen-bond acceptors (Lipinski definition) is 6. The fourth-order valence-corrected chi connectivity index (χ4v) is 7.52. The summed E-state index contributed by atoms with van der Waals surface area (Å²) >= 11 is 0. The van der Waals surface area contributed by atoms with Crippen molar-refractivity contribution in [3.63, 3.8) is 0 Å². The Morgan fingerprint density at radius 3 is 0.957 bits per heavy atom. The molecule has 0 saturated carbocycles. The molecule has 1 atom stereocenters. The van der Waals surface area contributed by atoms with Gasteiger partial charge in [0.2, 0.25) is 0 Å². The number of hydrogen-bond donors (Lipinski definition) is 0. The molecule has 0 fully saturated rings. The topological polar surface area (TPSA) is 78.9 Å². The van der Waals surface area contributed by atoms with Gasteiger partial charge in [-0.2, -0.15) is 0 Å². The number of carbonyl (C=O) groups is 3. The predicted molar refractivity (Wildman–Crippen MR) is 302 cm³/mol. The molecular weight excluding hydrogens is 865 g/mol. The summed E-state index contributed by atoms with van der Waals surface area (Å²) in [6.45, 7) is 6.32. The normalized spacial score (nSPS) is 13.0. The summed E-state index contributed by atoms with van der Waals surface area (Å²) < 4.78 is 16.8. The maximum atomic E-state index is 12.9. The highest BCUT2D eigenvalue weighted by atomic mass is 16.6. The van der Waals surface area contributed by atoms with Gasteiger partial charge in [0, 0.05) is 19.3 Å². The third-order valence-electron chi connectivity index (χ3n) is 11.7. The maximum Gasteiger partial charge on any atom is 0.306 e. The number of rotatable bonds is 50. The monoisotopic (exact) mass is 969 g/mol. The summed E-state index contributed by atoms with van der Waals surface area (Å²) in [5.74, 6) is -1.05. The Morgan fingerprint density at radius 2 is 0.586 bits per heavy atom. The summed E-state index contributed by atoms with van der Waals surface area (Å²) in [5.41, 5.74) is 0. The molecule has 0 heterocycles. The van der Waals surface area contributed by atoms with E-state index in [-0.39, 0.29) is 37.5 Å². The van der Waals surface area contributed by atoms with Crippen molar-refractivity contribution in [2.24, 2.45) is 0 Å². The fourth-order valence-electron chi connectivity index (χ4n) is 7.52. The molecule has 0 aliphatic heterocycles. The zero-order valence-electron chi connectivity index (χ0n) is 45.2. The van der Waals surface area contributed by atoms with Gasteiger partial charge >= 0.3 is 17.9 Å². The molecule has 6 nitrogen and oxygen atoms in total. The first kappa shape index (κ1) is 65.8. The Kier molecular flexibility index (Phi) is 54.0. The number of unbranched alkanes of at least 4 members (excludes halogenated alkanes) is 19. The minimum atomic E-state index is -0.828. The molecule has 0 aliphatic carbocycles. The standard InChI is InChI=1S/C64H104O6/c1-4-7-10-13-16-19-22-25-28-30-32-34-36-39-42-45-48-51-54-57-63(66)69-60-61(59-68-62(65)56-53-50-47-44-41-38-35-27-24-21-18-15-12-9-6-3)70-64(67)58-55-52-49-46-43-40-37-33-31-29-26-23-20-17-14-11-8-5-2/h7,9-10,12,16,18-19,21,25,27-28,32,34-35,39,41-42,44,48,51,61H,4-6,8,11,13-15,17,20,22-24,26,29-31,33,36-38,40,43,45-47,49-50,52-60H2,1-3H3/b10-7-,12-9-,19-16-,21-18-,28-25-,34-32-,35-27-,42-39-,44-41-,51-48-/t61-/m1/s1. The summed E-state index contributed by atoms with van der Waals surface area (Å²) in [6.07, 6.45) is 79.2. The van der Waals surface area contributed by atoms with Gasteiger partial charge in [-0.15, -0.1) is 0 Å². The van der Waals surface area contributed by atoms with Gasteiger partial charge in [-0.3, -0.25) is 14.4 Å². The van der Waals surface area contributed by atoms with E-state index in [9.17, 15) is 14.4 Å². The predicted octanol–water partition coefficient (Wildman–Crippen LogP) is 19.3. The Balaban J connectivity index is 4.55. The summed E-state index contributed by atoms with van der Waals surface area (Å²) in [4.78, 5) is 38.1. The van der Waals surface area contributed by atoms with Crippen molar-refractivity contribution < 1.29 is 28.6 Å². The third-order valence-corrected chi connectivity index (χ3v) is 11.7. The van der Waals surface area contributed by atoms with Gasteiger partial charge < -0.3 is 14.2 Å². The lowest BCUT2D eigenvalue weighted by Crippen LogP contribution is -2.30. The lowest BCUT2D eigenvalue weighted by molar-refractivity contribution is -0.166. The minimum absolute atomic E-state index is 0.124. The van der Waals surface area contributed by atoms with Crippen LogP contribution < -0.4 is 0 Å². The van der Waals surface area contributed by atoms with Crippen molar-refractivity contribution in [1.29, 1.82) is 0 Å². The maximum absolute atomic E-state index is 12.9. The first-order valence-electron chi connectivity index (χ1n) is 28.5. The molecule has 0 aromatic carbocycles. The Labute approximate surface area is 431 Å². The SMILES string of the molecule is CC/C=C\C/C=C\C/C=C\C/C=C\C/C=C\C/C=C\CCC(=O)OC[C@@H](COC(=O)CCCC/C=C\C/C=C\C/C=C\C/C=C\CC)OC(=O)CCCCCCCCCCCCCCCCCCCC. The Hall–Kier alpha value is -4.19. The van der Waals surface area contributed by atoms with Gasteiger partial charge in [0.15, 0.2) is 6.10 Å². The number of esters is 3. The highest BCUT2D eigenvalue weighted by molar-refractivity contribution is 5.71. The molecule has 0 rings (SSSR count). The van der Waals surface area contributed by atoms with E-state index in [0.717, 1.165) is 96.3 Å². The van der Waals surface area contributed by atoms with Crippen molar-refractivity contribution in [1.82, 2.24) is 0 Å². The smallest absolute Gasteiger partial charge is 0.306 e. The van der Waals surface area contributed by atoms with E-state index < -0.39 is 6.10 Å². The molecule has 0 radical (unpaired) electrons. The van der Waals surface area contributed by atoms with E-state index in [0.29, 0.717) is 25.7 Å². The number of allylic oxidation sites excluding steroid dienone is 20. The van der Waals surface area contributed by atoms with Gasteiger partial charge in [-0.05, 0) is 96.3 Å².